The van der Waals surface area contributed by atoms with E-state index in [0.29, 0.717) is 0 Å². The second-order valence-corrected chi connectivity index (χ2v) is 3.24. The van der Waals surface area contributed by atoms with Gasteiger partial charge in [0.05, 0.1) is 4.92 Å². The van der Waals surface area contributed by atoms with Gasteiger partial charge in [-0.05, 0) is 13.0 Å². The molecule has 0 bridgehead atoms. The Morgan fingerprint density at radius 2 is 2.06 bits per heavy atom. The van der Waals surface area contributed by atoms with Crippen LogP contribution in [0.1, 0.15) is 6.92 Å². The van der Waals surface area contributed by atoms with Crippen LogP contribution in [0.15, 0.2) is 46.0 Å². The molecule has 1 amide bonds. The predicted molar refractivity (Wildman–Crippen MR) is 62.1 cm³/mol. The average Bonchev–Trinajstić information content (AvgIpc) is 2.28. The Morgan fingerprint density at radius 1 is 1.44 bits per heavy atom. The van der Waals surface area contributed by atoms with Gasteiger partial charge in [0, 0.05) is 6.07 Å². The van der Waals surface area contributed by atoms with Crippen molar-refractivity contribution < 1.29 is 14.8 Å². The van der Waals surface area contributed by atoms with Gasteiger partial charge in [0.25, 0.3) is 11.6 Å². The molecule has 8 heteroatoms. The summed E-state index contributed by atoms with van der Waals surface area (Å²) in [6, 6.07) is 5.60. The molecular weight excluding hydrogens is 240 g/mol. The Kier molecular flexibility index (Phi) is 4.08. The lowest BCUT2D eigenvalue weighted by atomic mass is 10.3. The second-order valence-electron chi connectivity index (χ2n) is 3.24. The van der Waals surface area contributed by atoms with Crippen LogP contribution in [0.25, 0.3) is 0 Å². The second kappa shape index (κ2) is 5.53. The quantitative estimate of drug-likeness (QED) is 0.278. The summed E-state index contributed by atoms with van der Waals surface area (Å²) in [4.78, 5) is 21.0. The van der Waals surface area contributed by atoms with Crippen LogP contribution in [0, 0.1) is 10.1 Å². The molecule has 0 heterocycles. The van der Waals surface area contributed by atoms with Crippen molar-refractivity contribution in [3.05, 3.63) is 45.8 Å². The Morgan fingerprint density at radius 3 is 2.56 bits per heavy atom. The third-order valence-corrected chi connectivity index (χ3v) is 1.91. The van der Waals surface area contributed by atoms with Gasteiger partial charge < -0.3 is 10.8 Å². The number of aliphatic hydroxyl groups excluding tert-OH is 1. The first-order valence-electron chi connectivity index (χ1n) is 4.78. The van der Waals surface area contributed by atoms with Crippen LogP contribution in [0.2, 0.25) is 0 Å². The molecular formula is C10H10N4O4. The number of allylic oxidation sites excluding steroid dienone is 1. The SMILES string of the molecule is CC(O)=C(N=Nc1ccccc1[N+](=O)[O-])C(N)=O. The highest BCUT2D eigenvalue weighted by molar-refractivity contribution is 5.91. The maximum Gasteiger partial charge on any atom is 0.296 e. The molecule has 8 nitrogen and oxygen atoms in total. The molecule has 0 spiro atoms. The zero-order chi connectivity index (χ0) is 13.7. The van der Waals surface area contributed by atoms with E-state index >= 15 is 0 Å². The minimum atomic E-state index is -0.975. The van der Waals surface area contributed by atoms with Crippen LogP contribution in [0.3, 0.4) is 0 Å². The van der Waals surface area contributed by atoms with E-state index in [2.05, 4.69) is 10.2 Å². The summed E-state index contributed by atoms with van der Waals surface area (Å²) in [6.45, 7) is 1.21. The zero-order valence-electron chi connectivity index (χ0n) is 9.40. The highest BCUT2D eigenvalue weighted by Gasteiger charge is 2.13. The maximum atomic E-state index is 10.9. The van der Waals surface area contributed by atoms with Crippen molar-refractivity contribution in [3.63, 3.8) is 0 Å². The van der Waals surface area contributed by atoms with Gasteiger partial charge in [-0.15, -0.1) is 10.2 Å². The van der Waals surface area contributed by atoms with Crippen molar-refractivity contribution in [3.8, 4) is 0 Å². The minimum absolute atomic E-state index is 0.0394. The first kappa shape index (κ1) is 13.3. The largest absolute Gasteiger partial charge is 0.510 e. The number of benzene rings is 1. The minimum Gasteiger partial charge on any atom is -0.510 e. The standard InChI is InChI=1S/C10H10N4O4/c1-6(15)9(10(11)16)13-12-7-4-2-3-5-8(7)14(17)18/h2-5,15H,1H3,(H2,11,16). The van der Waals surface area contributed by atoms with E-state index in [1.165, 1.54) is 31.2 Å². The Balaban J connectivity index is 3.16. The fourth-order valence-electron chi connectivity index (χ4n) is 1.11. The van der Waals surface area contributed by atoms with Crippen LogP contribution in [-0.2, 0) is 4.79 Å². The fourth-order valence-corrected chi connectivity index (χ4v) is 1.11. The number of primary amides is 1. The molecule has 0 radical (unpaired) electrons. The van der Waals surface area contributed by atoms with E-state index in [9.17, 15) is 14.9 Å². The number of nitro benzene ring substituents is 1. The van der Waals surface area contributed by atoms with Gasteiger partial charge in [-0.2, -0.15) is 0 Å². The number of nitro groups is 1. The first-order chi connectivity index (χ1) is 8.43. The molecule has 0 fully saturated rings. The Labute approximate surface area is 102 Å². The number of hydrogen-bond acceptors (Lipinski definition) is 6. The lowest BCUT2D eigenvalue weighted by Crippen LogP contribution is -2.13. The average molecular weight is 250 g/mol. The molecule has 0 atom stereocenters. The number of rotatable bonds is 4. The van der Waals surface area contributed by atoms with Gasteiger partial charge in [-0.25, -0.2) is 0 Å². The molecule has 0 aliphatic carbocycles. The molecule has 0 aliphatic heterocycles. The van der Waals surface area contributed by atoms with Crippen LogP contribution in [0.4, 0.5) is 11.4 Å². The molecule has 0 unspecified atom stereocenters. The number of nitrogens with two attached hydrogens (primary N) is 1. The molecule has 1 aromatic carbocycles. The number of carbonyl (C=O) groups excluding carboxylic acids is 1. The van der Waals surface area contributed by atoms with Crippen LogP contribution in [-0.4, -0.2) is 15.9 Å². The summed E-state index contributed by atoms with van der Waals surface area (Å²) >= 11 is 0. The van der Waals surface area contributed by atoms with Crippen LogP contribution < -0.4 is 5.73 Å². The maximum absolute atomic E-state index is 10.9. The van der Waals surface area contributed by atoms with Crippen molar-refractivity contribution >= 4 is 17.3 Å². The summed E-state index contributed by atoms with van der Waals surface area (Å²) in [7, 11) is 0. The smallest absolute Gasteiger partial charge is 0.296 e. The normalized spacial score (nSPS) is 12.3. The third-order valence-electron chi connectivity index (χ3n) is 1.91. The van der Waals surface area contributed by atoms with Crippen molar-refractivity contribution in [2.75, 3.05) is 0 Å². The molecule has 1 aromatic rings. The summed E-state index contributed by atoms with van der Waals surface area (Å²) < 4.78 is 0. The zero-order valence-corrected chi connectivity index (χ0v) is 9.40. The summed E-state index contributed by atoms with van der Waals surface area (Å²) in [5.74, 6) is -1.39. The van der Waals surface area contributed by atoms with Gasteiger partial charge >= 0.3 is 0 Å². The lowest BCUT2D eigenvalue weighted by molar-refractivity contribution is -0.384. The fraction of sp³-hybridized carbons (Fsp3) is 0.100. The van der Waals surface area contributed by atoms with E-state index in [4.69, 9.17) is 10.8 Å². The number of amides is 1. The Bertz CT molecular complexity index is 547. The topological polar surface area (TPSA) is 131 Å². The number of carbonyl (C=O) groups is 1. The number of hydrogen-bond donors (Lipinski definition) is 2. The Hall–Kier alpha value is -2.77. The summed E-state index contributed by atoms with van der Waals surface area (Å²) in [5, 5.41) is 26.8. The van der Waals surface area contributed by atoms with E-state index in [-0.39, 0.29) is 11.4 Å². The third kappa shape index (κ3) is 3.11. The van der Waals surface area contributed by atoms with E-state index in [1.807, 2.05) is 0 Å². The number of para-hydroxylation sites is 1. The van der Waals surface area contributed by atoms with Gasteiger partial charge in [0.15, 0.2) is 11.4 Å². The molecule has 0 saturated carbocycles. The molecule has 0 aliphatic rings. The van der Waals surface area contributed by atoms with Gasteiger partial charge in [0.2, 0.25) is 0 Å². The molecule has 0 aromatic heterocycles. The van der Waals surface area contributed by atoms with Crippen LogP contribution in [0.5, 0.6) is 0 Å². The van der Waals surface area contributed by atoms with Crippen molar-refractivity contribution in [1.29, 1.82) is 0 Å². The van der Waals surface area contributed by atoms with E-state index < -0.39 is 22.3 Å². The number of aliphatic hydroxyl groups is 1. The van der Waals surface area contributed by atoms with Crippen LogP contribution >= 0.6 is 0 Å². The van der Waals surface area contributed by atoms with E-state index in [1.54, 1.807) is 0 Å². The van der Waals surface area contributed by atoms with E-state index in [0.717, 1.165) is 0 Å². The number of nitrogens with zero attached hydrogens (tertiary/aromatic N) is 3. The highest BCUT2D eigenvalue weighted by Crippen LogP contribution is 2.27. The van der Waals surface area contributed by atoms with Crippen molar-refractivity contribution in [2.45, 2.75) is 6.92 Å². The van der Waals surface area contributed by atoms with Crippen molar-refractivity contribution in [2.24, 2.45) is 16.0 Å². The predicted octanol–water partition coefficient (Wildman–Crippen LogP) is 1.95. The monoisotopic (exact) mass is 250 g/mol. The van der Waals surface area contributed by atoms with Gasteiger partial charge in [0.1, 0.15) is 5.76 Å². The summed E-state index contributed by atoms with van der Waals surface area (Å²) in [5.41, 5.74) is 4.20. The molecule has 1 rings (SSSR count). The van der Waals surface area contributed by atoms with Gasteiger partial charge in [-0.3, -0.25) is 14.9 Å². The lowest BCUT2D eigenvalue weighted by Gasteiger charge is -1.97. The molecule has 3 N–H and O–H groups in total. The molecule has 18 heavy (non-hydrogen) atoms. The first-order valence-corrected chi connectivity index (χ1v) is 4.78. The van der Waals surface area contributed by atoms with Gasteiger partial charge in [-0.1, -0.05) is 12.1 Å². The van der Waals surface area contributed by atoms with Crippen molar-refractivity contribution in [1.82, 2.24) is 0 Å². The molecule has 0 saturated heterocycles. The summed E-state index contributed by atoms with van der Waals surface area (Å²) in [6.07, 6.45) is 0. The molecule has 94 valence electrons. The number of azo groups is 1. The highest BCUT2D eigenvalue weighted by atomic mass is 16.6.